The molecule has 0 atom stereocenters. The minimum Gasteiger partial charge on any atom is -0.206 e. The third kappa shape index (κ3) is 7.62. The van der Waals surface area contributed by atoms with Crippen LogP contribution in [0.1, 0.15) is 55.4 Å². The number of halogens is 2. The molecule has 0 bridgehead atoms. The van der Waals surface area contributed by atoms with Crippen LogP contribution in [-0.4, -0.2) is 0 Å². The van der Waals surface area contributed by atoms with Crippen molar-refractivity contribution in [2.45, 2.75) is 59.8 Å². The van der Waals surface area contributed by atoms with Gasteiger partial charge in [0.1, 0.15) is 11.6 Å². The fraction of sp³-hybridized carbons (Fsp3) is 0.273. The summed E-state index contributed by atoms with van der Waals surface area (Å²) in [7, 11) is 0. The predicted molar refractivity (Wildman–Crippen MR) is 146 cm³/mol. The van der Waals surface area contributed by atoms with Crippen molar-refractivity contribution in [3.63, 3.8) is 0 Å². The molecule has 4 aromatic carbocycles. The van der Waals surface area contributed by atoms with Gasteiger partial charge in [0.25, 0.3) is 0 Å². The van der Waals surface area contributed by atoms with Crippen molar-refractivity contribution >= 4 is 0 Å². The molecular formula is C33H36F2. The van der Waals surface area contributed by atoms with E-state index < -0.39 is 0 Å². The van der Waals surface area contributed by atoms with Gasteiger partial charge >= 0.3 is 0 Å². The summed E-state index contributed by atoms with van der Waals surface area (Å²) in [6, 6.07) is 27.0. The largest absolute Gasteiger partial charge is 0.206 e. The van der Waals surface area contributed by atoms with Crippen LogP contribution in [0.15, 0.2) is 84.9 Å². The molecule has 2 heteroatoms. The van der Waals surface area contributed by atoms with E-state index in [0.29, 0.717) is 11.1 Å². The van der Waals surface area contributed by atoms with Gasteiger partial charge in [-0.3, -0.25) is 0 Å². The number of aryl methyl sites for hydroxylation is 4. The maximum Gasteiger partial charge on any atom is 0.131 e. The first-order valence-corrected chi connectivity index (χ1v) is 12.6. The molecule has 0 aliphatic rings. The van der Waals surface area contributed by atoms with Gasteiger partial charge in [-0.2, -0.15) is 0 Å². The number of unbranched alkanes of at least 4 members (excludes halogenated alkanes) is 2. The average Bonchev–Trinajstić information content (AvgIpc) is 2.86. The molecule has 182 valence electrons. The second-order valence-corrected chi connectivity index (χ2v) is 9.17. The molecule has 4 aromatic rings. The summed E-state index contributed by atoms with van der Waals surface area (Å²) in [6.45, 7) is 8.28. The van der Waals surface area contributed by atoms with Crippen LogP contribution in [-0.2, 0) is 12.8 Å². The zero-order chi connectivity index (χ0) is 25.2. The molecule has 0 spiro atoms. The van der Waals surface area contributed by atoms with Gasteiger partial charge in [-0.15, -0.1) is 0 Å². The molecule has 0 amide bonds. The quantitative estimate of drug-likeness (QED) is 0.236. The number of rotatable bonds is 7. The number of hydrogen-bond donors (Lipinski definition) is 0. The molecule has 0 aromatic heterocycles. The highest BCUT2D eigenvalue weighted by Crippen LogP contribution is 2.25. The first kappa shape index (κ1) is 26.3. The number of benzene rings is 4. The maximum absolute atomic E-state index is 14.1. The molecule has 4 rings (SSSR count). The van der Waals surface area contributed by atoms with Gasteiger partial charge in [0.2, 0.25) is 0 Å². The lowest BCUT2D eigenvalue weighted by atomic mass is 10.00. The van der Waals surface area contributed by atoms with E-state index in [0.717, 1.165) is 41.5 Å². The molecule has 0 radical (unpaired) electrons. The van der Waals surface area contributed by atoms with E-state index in [-0.39, 0.29) is 11.6 Å². The Morgan fingerprint density at radius 1 is 0.543 bits per heavy atom. The second-order valence-electron chi connectivity index (χ2n) is 9.17. The van der Waals surface area contributed by atoms with Gasteiger partial charge in [-0.1, -0.05) is 111 Å². The fourth-order valence-electron chi connectivity index (χ4n) is 4.01. The van der Waals surface area contributed by atoms with E-state index in [2.05, 4.69) is 6.92 Å². The molecule has 35 heavy (non-hydrogen) atoms. The molecule has 0 aliphatic heterocycles. The molecular weight excluding hydrogens is 434 g/mol. The van der Waals surface area contributed by atoms with Crippen molar-refractivity contribution in [1.82, 2.24) is 0 Å². The van der Waals surface area contributed by atoms with Crippen LogP contribution >= 0.6 is 0 Å². The fourth-order valence-corrected chi connectivity index (χ4v) is 4.01. The monoisotopic (exact) mass is 470 g/mol. The summed E-state index contributed by atoms with van der Waals surface area (Å²) in [6.07, 6.45) is 5.38. The SMILES string of the molecule is CCCCCc1ccc(-c2ccc(C)cc2)c(F)c1.CCc1ccc(-c2ccc(C)cc2)c(F)c1. The molecule has 0 nitrogen and oxygen atoms in total. The van der Waals surface area contributed by atoms with Crippen molar-refractivity contribution in [3.8, 4) is 22.3 Å². The molecule has 0 aliphatic carbocycles. The Balaban J connectivity index is 0.000000198. The van der Waals surface area contributed by atoms with Crippen molar-refractivity contribution in [1.29, 1.82) is 0 Å². The zero-order valence-corrected chi connectivity index (χ0v) is 21.4. The Bertz CT molecular complexity index is 1210. The molecule has 0 saturated carbocycles. The highest BCUT2D eigenvalue weighted by molar-refractivity contribution is 5.65. The Morgan fingerprint density at radius 2 is 1.00 bits per heavy atom. The summed E-state index contributed by atoms with van der Waals surface area (Å²) in [5, 5.41) is 0. The maximum atomic E-state index is 14.1. The van der Waals surface area contributed by atoms with Crippen molar-refractivity contribution < 1.29 is 8.78 Å². The molecule has 0 fully saturated rings. The standard InChI is InChI=1S/C18H21F.C15H15F/c1-3-4-5-6-15-9-12-17(18(19)13-15)16-10-7-14(2)8-11-16;1-3-12-6-9-14(15(16)10-12)13-7-4-11(2)5-8-13/h7-13H,3-6H2,1-2H3;4-10H,3H2,1-2H3. The molecule has 0 heterocycles. The Kier molecular flexibility index (Phi) is 9.78. The Morgan fingerprint density at radius 3 is 1.43 bits per heavy atom. The van der Waals surface area contributed by atoms with Crippen LogP contribution in [0.2, 0.25) is 0 Å². The molecule has 0 unspecified atom stereocenters. The van der Waals surface area contributed by atoms with Crippen LogP contribution in [0.3, 0.4) is 0 Å². The van der Waals surface area contributed by atoms with Gasteiger partial charge in [0.15, 0.2) is 0 Å². The van der Waals surface area contributed by atoms with Gasteiger partial charge in [0.05, 0.1) is 0 Å². The van der Waals surface area contributed by atoms with E-state index in [1.54, 1.807) is 12.1 Å². The van der Waals surface area contributed by atoms with Crippen LogP contribution < -0.4 is 0 Å². The summed E-state index contributed by atoms with van der Waals surface area (Å²) in [4.78, 5) is 0. The van der Waals surface area contributed by atoms with Gasteiger partial charge in [-0.25, -0.2) is 8.78 Å². The lowest BCUT2D eigenvalue weighted by Crippen LogP contribution is -1.90. The van der Waals surface area contributed by atoms with Crippen LogP contribution in [0.4, 0.5) is 8.78 Å². The third-order valence-electron chi connectivity index (χ3n) is 6.27. The van der Waals surface area contributed by atoms with Crippen molar-refractivity contribution in [3.05, 3.63) is 119 Å². The van der Waals surface area contributed by atoms with Gasteiger partial charge < -0.3 is 0 Å². The highest BCUT2D eigenvalue weighted by Gasteiger charge is 2.06. The summed E-state index contributed by atoms with van der Waals surface area (Å²) in [5.74, 6) is -0.249. The van der Waals surface area contributed by atoms with Crippen molar-refractivity contribution in [2.24, 2.45) is 0 Å². The average molecular weight is 471 g/mol. The first-order valence-electron chi connectivity index (χ1n) is 12.6. The number of hydrogen-bond acceptors (Lipinski definition) is 0. The lowest BCUT2D eigenvalue weighted by Gasteiger charge is -2.07. The van der Waals surface area contributed by atoms with E-state index >= 15 is 0 Å². The van der Waals surface area contributed by atoms with Gasteiger partial charge in [-0.05, 0) is 67.5 Å². The lowest BCUT2D eigenvalue weighted by molar-refractivity contribution is 0.626. The van der Waals surface area contributed by atoms with Gasteiger partial charge in [0, 0.05) is 11.1 Å². The van der Waals surface area contributed by atoms with E-state index in [1.807, 2.05) is 93.6 Å². The predicted octanol–water partition coefficient (Wildman–Crippen LogP) is 9.90. The highest BCUT2D eigenvalue weighted by atomic mass is 19.1. The summed E-state index contributed by atoms with van der Waals surface area (Å²) >= 11 is 0. The Hall–Kier alpha value is -3.26. The van der Waals surface area contributed by atoms with Crippen LogP contribution in [0.25, 0.3) is 22.3 Å². The van der Waals surface area contributed by atoms with Crippen LogP contribution in [0.5, 0.6) is 0 Å². The van der Waals surface area contributed by atoms with E-state index in [4.69, 9.17) is 0 Å². The van der Waals surface area contributed by atoms with Crippen molar-refractivity contribution in [2.75, 3.05) is 0 Å². The topological polar surface area (TPSA) is 0 Å². The van der Waals surface area contributed by atoms with E-state index in [1.165, 1.54) is 24.0 Å². The summed E-state index contributed by atoms with van der Waals surface area (Å²) < 4.78 is 28.0. The normalized spacial score (nSPS) is 10.6. The minimum absolute atomic E-state index is 0.113. The van der Waals surface area contributed by atoms with E-state index in [9.17, 15) is 8.78 Å². The second kappa shape index (κ2) is 13.0. The Labute approximate surface area is 209 Å². The first-order chi connectivity index (χ1) is 16.9. The third-order valence-corrected chi connectivity index (χ3v) is 6.27. The smallest absolute Gasteiger partial charge is 0.131 e. The summed E-state index contributed by atoms with van der Waals surface area (Å²) in [5.41, 5.74) is 7.77. The molecule has 0 N–H and O–H groups in total. The zero-order valence-electron chi connectivity index (χ0n) is 21.4. The van der Waals surface area contributed by atoms with Crippen LogP contribution in [0, 0.1) is 25.5 Å². The minimum atomic E-state index is -0.136. The molecule has 0 saturated heterocycles.